The molecular formula is C14H18ClN5O10S2. The van der Waals surface area contributed by atoms with Crippen LogP contribution in [0.15, 0.2) is 21.9 Å². The summed E-state index contributed by atoms with van der Waals surface area (Å²) in [5.41, 5.74) is 0.620. The second-order valence-corrected chi connectivity index (χ2v) is 9.26. The average Bonchev–Trinajstić information content (AvgIpc) is 2.68. The highest BCUT2D eigenvalue weighted by molar-refractivity contribution is 7.97. The zero-order chi connectivity index (χ0) is 23.9. The van der Waals surface area contributed by atoms with Crippen molar-refractivity contribution >= 4 is 45.2 Å². The summed E-state index contributed by atoms with van der Waals surface area (Å²) in [7, 11) is -4.00. The largest absolute Gasteiger partial charge is 0.464 e. The maximum absolute atomic E-state index is 11.8. The van der Waals surface area contributed by atoms with Gasteiger partial charge in [0.2, 0.25) is 10.0 Å². The number of nitrogens with two attached hydrogens (primary N) is 1. The van der Waals surface area contributed by atoms with Gasteiger partial charge in [0.15, 0.2) is 0 Å². The third-order valence-electron chi connectivity index (χ3n) is 3.89. The summed E-state index contributed by atoms with van der Waals surface area (Å²) in [6.45, 7) is -0.140. The quantitative estimate of drug-likeness (QED) is 0.171. The summed E-state index contributed by atoms with van der Waals surface area (Å²) in [5.74, 6) is -0.693. The van der Waals surface area contributed by atoms with Crippen molar-refractivity contribution < 1.29 is 37.8 Å². The summed E-state index contributed by atoms with van der Waals surface area (Å²) in [6, 6.07) is 2.79. The van der Waals surface area contributed by atoms with Crippen molar-refractivity contribution in [3.63, 3.8) is 0 Å². The lowest BCUT2D eigenvalue weighted by Gasteiger charge is -2.28. The van der Waals surface area contributed by atoms with E-state index < -0.39 is 38.9 Å². The molecule has 15 nitrogen and oxygen atoms in total. The minimum absolute atomic E-state index is 0.00953. The third kappa shape index (κ3) is 8.15. The van der Waals surface area contributed by atoms with E-state index in [2.05, 4.69) is 15.0 Å². The van der Waals surface area contributed by atoms with Gasteiger partial charge in [0.1, 0.15) is 24.2 Å². The van der Waals surface area contributed by atoms with Crippen molar-refractivity contribution in [3.8, 4) is 0 Å². The first-order chi connectivity index (χ1) is 15.0. The molecule has 1 aromatic rings. The van der Waals surface area contributed by atoms with Gasteiger partial charge in [-0.25, -0.2) is 17.9 Å². The smallest absolute Gasteiger partial charge is 0.305 e. The van der Waals surface area contributed by atoms with Crippen LogP contribution in [0.2, 0.25) is 5.02 Å². The number of benzene rings is 1. The Morgan fingerprint density at radius 3 is 2.69 bits per heavy atom. The van der Waals surface area contributed by atoms with Gasteiger partial charge in [-0.15, -0.1) is 20.2 Å². The Balaban J connectivity index is 1.81. The molecule has 1 aliphatic rings. The zero-order valence-electron chi connectivity index (χ0n) is 16.2. The van der Waals surface area contributed by atoms with E-state index in [4.69, 9.17) is 21.5 Å². The number of rotatable bonds is 12. The number of nitrogens with one attached hydrogen (secondary N) is 1. The fraction of sp³-hybridized carbons (Fsp3) is 0.500. The van der Waals surface area contributed by atoms with Crippen molar-refractivity contribution in [2.45, 2.75) is 28.7 Å². The molecule has 0 radical (unpaired) electrons. The van der Waals surface area contributed by atoms with Crippen LogP contribution in [0.4, 0.5) is 5.69 Å². The number of carbonyl (C=O) groups excluding carboxylic acids is 1. The van der Waals surface area contributed by atoms with E-state index in [9.17, 15) is 33.4 Å². The maximum Gasteiger partial charge on any atom is 0.305 e. The average molecular weight is 516 g/mol. The molecule has 3 N–H and O–H groups in total. The molecule has 0 bridgehead atoms. The normalized spacial score (nSPS) is 14.6. The van der Waals surface area contributed by atoms with Gasteiger partial charge < -0.3 is 19.7 Å². The van der Waals surface area contributed by atoms with Crippen LogP contribution in [0.1, 0.15) is 12.8 Å². The fourth-order valence-corrected chi connectivity index (χ4v) is 4.63. The highest BCUT2D eigenvalue weighted by Crippen LogP contribution is 2.38. The number of halogens is 1. The number of nitrogens with zero attached hydrogens (tertiary/aromatic N) is 3. The summed E-state index contributed by atoms with van der Waals surface area (Å²) >= 11 is 7.16. The minimum atomic E-state index is -4.00. The number of ether oxygens (including phenoxy) is 1. The zero-order valence-corrected chi connectivity index (χ0v) is 18.6. The molecule has 0 fully saturated rings. The second kappa shape index (κ2) is 11.3. The number of fused-ring (bicyclic) bond motifs is 1. The standard InChI is InChI=1S/C14H18ClN5O10S2/c15-10-5-11-12(6-13(10)32(16,26)27)31-18(8-17-11)3-4-28-14(21)2-1-9(30-20(24)25)7-29-19(22)23/h5-6,9,17H,1-4,7-8H2,(H2,16,26,27). The lowest BCUT2D eigenvalue weighted by molar-refractivity contribution is -0.790. The van der Waals surface area contributed by atoms with Crippen molar-refractivity contribution in [3.05, 3.63) is 37.4 Å². The van der Waals surface area contributed by atoms with Gasteiger partial charge in [0, 0.05) is 17.9 Å². The van der Waals surface area contributed by atoms with Crippen LogP contribution < -0.4 is 10.5 Å². The van der Waals surface area contributed by atoms with Crippen LogP contribution in [0, 0.1) is 20.2 Å². The summed E-state index contributed by atoms with van der Waals surface area (Å²) in [5, 5.41) is 26.5. The van der Waals surface area contributed by atoms with Crippen LogP contribution in [0.3, 0.4) is 0 Å². The summed E-state index contributed by atoms with van der Waals surface area (Å²) in [6.07, 6.45) is -1.82. The van der Waals surface area contributed by atoms with Gasteiger partial charge in [-0.3, -0.25) is 4.79 Å². The van der Waals surface area contributed by atoms with E-state index in [1.165, 1.54) is 24.1 Å². The Labute approximate surface area is 190 Å². The van der Waals surface area contributed by atoms with Gasteiger partial charge in [0.25, 0.3) is 10.2 Å². The van der Waals surface area contributed by atoms with Crippen LogP contribution in [-0.2, 0) is 29.2 Å². The van der Waals surface area contributed by atoms with E-state index in [1.54, 1.807) is 4.31 Å². The lowest BCUT2D eigenvalue weighted by atomic mass is 10.2. The number of hydrogen-bond acceptors (Lipinski definition) is 13. The first-order valence-corrected chi connectivity index (χ1v) is 11.4. The molecule has 1 heterocycles. The second-order valence-electron chi connectivity index (χ2n) is 6.18. The molecule has 18 heteroatoms. The first-order valence-electron chi connectivity index (χ1n) is 8.73. The summed E-state index contributed by atoms with van der Waals surface area (Å²) in [4.78, 5) is 41.1. The van der Waals surface area contributed by atoms with E-state index in [1.807, 2.05) is 0 Å². The van der Waals surface area contributed by atoms with E-state index >= 15 is 0 Å². The molecule has 1 atom stereocenters. The molecule has 1 aromatic carbocycles. The van der Waals surface area contributed by atoms with Gasteiger partial charge in [-0.1, -0.05) is 11.6 Å². The van der Waals surface area contributed by atoms with Crippen LogP contribution >= 0.6 is 23.5 Å². The maximum atomic E-state index is 11.8. The Morgan fingerprint density at radius 1 is 1.34 bits per heavy atom. The highest BCUT2D eigenvalue weighted by Gasteiger charge is 2.23. The van der Waals surface area contributed by atoms with Crippen molar-refractivity contribution in [1.82, 2.24) is 4.31 Å². The fourth-order valence-electron chi connectivity index (χ4n) is 2.48. The van der Waals surface area contributed by atoms with E-state index in [0.29, 0.717) is 17.3 Å². The molecule has 0 spiro atoms. The van der Waals surface area contributed by atoms with E-state index in [-0.39, 0.29) is 35.9 Å². The number of anilines is 1. The predicted octanol–water partition coefficient (Wildman–Crippen LogP) is 0.788. The Hall–Kier alpha value is -2.60. The van der Waals surface area contributed by atoms with E-state index in [0.717, 1.165) is 0 Å². The SMILES string of the molecule is NS(=O)(=O)c1cc2c(cc1Cl)NCN(CCOC(=O)CCC(CO[N+](=O)[O-])O[N+](=O)[O-])S2. The van der Waals surface area contributed by atoms with Crippen molar-refractivity contribution in [2.75, 3.05) is 31.7 Å². The number of carbonyl (C=O) groups is 1. The lowest BCUT2D eigenvalue weighted by Crippen LogP contribution is -2.31. The molecule has 178 valence electrons. The molecule has 0 amide bonds. The number of esters is 1. The van der Waals surface area contributed by atoms with Gasteiger partial charge in [0.05, 0.1) is 17.4 Å². The van der Waals surface area contributed by atoms with Crippen molar-refractivity contribution in [1.29, 1.82) is 0 Å². The molecule has 1 unspecified atom stereocenters. The number of hydrogen-bond donors (Lipinski definition) is 2. The molecule has 1 aliphatic heterocycles. The predicted molar refractivity (Wildman–Crippen MR) is 109 cm³/mol. The Bertz CT molecular complexity index is 979. The molecule has 0 aromatic heterocycles. The number of primary sulfonamides is 1. The van der Waals surface area contributed by atoms with Crippen LogP contribution in [0.5, 0.6) is 0 Å². The molecule has 0 aliphatic carbocycles. The highest BCUT2D eigenvalue weighted by atomic mass is 35.5. The first kappa shape index (κ1) is 25.7. The van der Waals surface area contributed by atoms with Crippen LogP contribution in [0.25, 0.3) is 0 Å². The molecule has 32 heavy (non-hydrogen) atoms. The topological polar surface area (TPSA) is 206 Å². The third-order valence-corrected chi connectivity index (χ3v) is 6.37. The number of sulfonamides is 1. The van der Waals surface area contributed by atoms with Gasteiger partial charge in [-0.2, -0.15) is 0 Å². The Morgan fingerprint density at radius 2 is 2.06 bits per heavy atom. The summed E-state index contributed by atoms with van der Waals surface area (Å²) < 4.78 is 30.0. The van der Waals surface area contributed by atoms with Crippen molar-refractivity contribution in [2.24, 2.45) is 5.14 Å². The van der Waals surface area contributed by atoms with Crippen LogP contribution in [-0.4, -0.2) is 61.4 Å². The Kier molecular flexibility index (Phi) is 9.08. The minimum Gasteiger partial charge on any atom is -0.464 e. The molecule has 0 saturated heterocycles. The van der Waals surface area contributed by atoms with Gasteiger partial charge in [-0.05, 0) is 30.5 Å². The molecular weight excluding hydrogens is 498 g/mol. The molecule has 0 saturated carbocycles. The monoisotopic (exact) mass is 515 g/mol. The van der Waals surface area contributed by atoms with Gasteiger partial charge >= 0.3 is 5.97 Å². The molecule has 2 rings (SSSR count).